The molecule has 0 aliphatic heterocycles. The van der Waals surface area contributed by atoms with E-state index in [1.54, 1.807) is 0 Å². The van der Waals surface area contributed by atoms with E-state index < -0.39 is 0 Å². The fourth-order valence-corrected chi connectivity index (χ4v) is 2.67. The molecule has 0 aliphatic rings. The number of hydrogen-bond donors (Lipinski definition) is 1. The summed E-state index contributed by atoms with van der Waals surface area (Å²) in [5.41, 5.74) is 3.82. The molecule has 0 atom stereocenters. The number of nitrogens with zero attached hydrogens (tertiary/aromatic N) is 2. The van der Waals surface area contributed by atoms with Crippen LogP contribution in [0.1, 0.15) is 51.9 Å². The highest BCUT2D eigenvalue weighted by atomic mass is 15.1. The third-order valence-corrected chi connectivity index (χ3v) is 3.94. The van der Waals surface area contributed by atoms with Crippen LogP contribution in [0.2, 0.25) is 0 Å². The summed E-state index contributed by atoms with van der Waals surface area (Å²) in [6.07, 6.45) is 4.50. The minimum atomic E-state index is 0.533. The third-order valence-electron chi connectivity index (χ3n) is 3.94. The van der Waals surface area contributed by atoms with Crippen molar-refractivity contribution in [2.24, 2.45) is 0 Å². The number of nitrogens with one attached hydrogen (secondary N) is 1. The largest absolute Gasteiger partial charge is 0.328 e. The Balaban J connectivity index is 2.27. The molecule has 2 rings (SSSR count). The molecule has 1 aromatic carbocycles. The zero-order valence-corrected chi connectivity index (χ0v) is 13.9. The van der Waals surface area contributed by atoms with Gasteiger partial charge < -0.3 is 9.88 Å². The van der Waals surface area contributed by atoms with Crippen molar-refractivity contribution in [3.8, 4) is 0 Å². The van der Waals surface area contributed by atoms with Gasteiger partial charge >= 0.3 is 0 Å². The SMILES string of the molecule is CCCCn1c(CCNC(C)C)nc2cc(CC)ccc21. The van der Waals surface area contributed by atoms with Gasteiger partial charge in [0.2, 0.25) is 0 Å². The van der Waals surface area contributed by atoms with Gasteiger partial charge in [-0.05, 0) is 30.5 Å². The number of imidazole rings is 1. The summed E-state index contributed by atoms with van der Waals surface area (Å²) in [4.78, 5) is 4.89. The minimum absolute atomic E-state index is 0.533. The lowest BCUT2D eigenvalue weighted by atomic mass is 10.1. The summed E-state index contributed by atoms with van der Waals surface area (Å²) in [6.45, 7) is 10.9. The average Bonchev–Trinajstić information content (AvgIpc) is 2.81. The van der Waals surface area contributed by atoms with E-state index in [1.807, 2.05) is 0 Å². The molecule has 116 valence electrons. The molecule has 0 spiro atoms. The van der Waals surface area contributed by atoms with Crippen molar-refractivity contribution in [1.29, 1.82) is 0 Å². The Morgan fingerprint density at radius 1 is 1.24 bits per heavy atom. The van der Waals surface area contributed by atoms with Gasteiger partial charge in [0.05, 0.1) is 11.0 Å². The lowest BCUT2D eigenvalue weighted by Gasteiger charge is -2.10. The van der Waals surface area contributed by atoms with Gasteiger partial charge in [-0.25, -0.2) is 4.98 Å². The Morgan fingerprint density at radius 3 is 2.71 bits per heavy atom. The second-order valence-electron chi connectivity index (χ2n) is 6.07. The maximum absolute atomic E-state index is 4.89. The van der Waals surface area contributed by atoms with Crippen LogP contribution in [0.3, 0.4) is 0 Å². The van der Waals surface area contributed by atoms with Gasteiger partial charge in [-0.3, -0.25) is 0 Å². The van der Waals surface area contributed by atoms with Gasteiger partial charge in [0.1, 0.15) is 5.82 Å². The molecule has 3 heteroatoms. The fourth-order valence-electron chi connectivity index (χ4n) is 2.67. The zero-order chi connectivity index (χ0) is 15.2. The van der Waals surface area contributed by atoms with Crippen LogP contribution in [-0.4, -0.2) is 22.1 Å². The van der Waals surface area contributed by atoms with Crippen molar-refractivity contribution in [2.75, 3.05) is 6.54 Å². The Morgan fingerprint density at radius 2 is 2.05 bits per heavy atom. The summed E-state index contributed by atoms with van der Waals surface area (Å²) in [5, 5.41) is 3.49. The molecular formula is C18H29N3. The van der Waals surface area contributed by atoms with Crippen molar-refractivity contribution in [1.82, 2.24) is 14.9 Å². The van der Waals surface area contributed by atoms with Crippen molar-refractivity contribution in [3.05, 3.63) is 29.6 Å². The van der Waals surface area contributed by atoms with Crippen LogP contribution in [0.4, 0.5) is 0 Å². The van der Waals surface area contributed by atoms with Gasteiger partial charge in [0.15, 0.2) is 0 Å². The van der Waals surface area contributed by atoms with Crippen molar-refractivity contribution < 1.29 is 0 Å². The first-order valence-electron chi connectivity index (χ1n) is 8.37. The lowest BCUT2D eigenvalue weighted by molar-refractivity contribution is 0.561. The molecule has 0 aliphatic carbocycles. The van der Waals surface area contributed by atoms with Crippen molar-refractivity contribution in [3.63, 3.8) is 0 Å². The Hall–Kier alpha value is -1.35. The first-order chi connectivity index (χ1) is 10.2. The Labute approximate surface area is 128 Å². The number of fused-ring (bicyclic) bond motifs is 1. The molecule has 0 amide bonds. The summed E-state index contributed by atoms with van der Waals surface area (Å²) < 4.78 is 2.42. The van der Waals surface area contributed by atoms with Crippen LogP contribution in [0.5, 0.6) is 0 Å². The smallest absolute Gasteiger partial charge is 0.111 e. The normalized spacial score (nSPS) is 11.7. The molecule has 3 nitrogen and oxygen atoms in total. The van der Waals surface area contributed by atoms with Gasteiger partial charge in [-0.15, -0.1) is 0 Å². The summed E-state index contributed by atoms with van der Waals surface area (Å²) in [7, 11) is 0. The van der Waals surface area contributed by atoms with Crippen LogP contribution < -0.4 is 5.32 Å². The molecule has 0 bridgehead atoms. The molecule has 0 saturated heterocycles. The van der Waals surface area contributed by atoms with Crippen LogP contribution >= 0.6 is 0 Å². The standard InChI is InChI=1S/C18H29N3/c1-5-7-12-21-17-9-8-15(6-2)13-16(17)20-18(21)10-11-19-14(3)4/h8-9,13-14,19H,5-7,10-12H2,1-4H3. The zero-order valence-electron chi connectivity index (χ0n) is 13.9. The Kier molecular flexibility index (Phi) is 5.80. The molecule has 0 unspecified atom stereocenters. The molecule has 1 heterocycles. The average molecular weight is 287 g/mol. The number of benzene rings is 1. The van der Waals surface area contributed by atoms with E-state index in [0.29, 0.717) is 6.04 Å². The van der Waals surface area contributed by atoms with Gasteiger partial charge in [0.25, 0.3) is 0 Å². The first kappa shape index (κ1) is 16.0. The quantitative estimate of drug-likeness (QED) is 0.797. The molecule has 2 aromatic rings. The molecule has 1 N–H and O–H groups in total. The summed E-state index contributed by atoms with van der Waals surface area (Å²) in [6, 6.07) is 7.26. The molecule has 0 saturated carbocycles. The second-order valence-corrected chi connectivity index (χ2v) is 6.07. The van der Waals surface area contributed by atoms with Crippen molar-refractivity contribution in [2.45, 2.75) is 66.0 Å². The number of aromatic nitrogens is 2. The molecular weight excluding hydrogens is 258 g/mol. The van der Waals surface area contributed by atoms with E-state index in [-0.39, 0.29) is 0 Å². The first-order valence-corrected chi connectivity index (χ1v) is 8.37. The van der Waals surface area contributed by atoms with E-state index in [4.69, 9.17) is 4.98 Å². The topological polar surface area (TPSA) is 29.9 Å². The number of hydrogen-bond acceptors (Lipinski definition) is 2. The van der Waals surface area contributed by atoms with Crippen LogP contribution in [0, 0.1) is 0 Å². The highest BCUT2D eigenvalue weighted by molar-refractivity contribution is 5.77. The fraction of sp³-hybridized carbons (Fsp3) is 0.611. The lowest BCUT2D eigenvalue weighted by Crippen LogP contribution is -2.25. The highest BCUT2D eigenvalue weighted by Crippen LogP contribution is 2.19. The monoisotopic (exact) mass is 287 g/mol. The number of unbranched alkanes of at least 4 members (excludes halogenated alkanes) is 1. The number of aryl methyl sites for hydroxylation is 2. The third kappa shape index (κ3) is 4.07. The molecule has 0 fully saturated rings. The van der Waals surface area contributed by atoms with Gasteiger partial charge in [-0.1, -0.05) is 40.2 Å². The predicted octanol–water partition coefficient (Wildman–Crippen LogP) is 3.94. The van der Waals surface area contributed by atoms with Gasteiger partial charge in [0, 0.05) is 25.6 Å². The van der Waals surface area contributed by atoms with E-state index >= 15 is 0 Å². The summed E-state index contributed by atoms with van der Waals surface area (Å²) >= 11 is 0. The van der Waals surface area contributed by atoms with E-state index in [9.17, 15) is 0 Å². The molecule has 21 heavy (non-hydrogen) atoms. The Bertz CT molecular complexity index is 569. The second kappa shape index (κ2) is 7.60. The van der Waals surface area contributed by atoms with Crippen LogP contribution in [-0.2, 0) is 19.4 Å². The van der Waals surface area contributed by atoms with Gasteiger partial charge in [-0.2, -0.15) is 0 Å². The van der Waals surface area contributed by atoms with E-state index in [0.717, 1.165) is 31.4 Å². The van der Waals surface area contributed by atoms with Crippen LogP contribution in [0.15, 0.2) is 18.2 Å². The van der Waals surface area contributed by atoms with Crippen LogP contribution in [0.25, 0.3) is 11.0 Å². The van der Waals surface area contributed by atoms with E-state index in [2.05, 4.69) is 55.8 Å². The maximum atomic E-state index is 4.89. The minimum Gasteiger partial charge on any atom is -0.328 e. The molecule has 1 aromatic heterocycles. The summed E-state index contributed by atoms with van der Waals surface area (Å²) in [5.74, 6) is 1.22. The number of rotatable bonds is 8. The van der Waals surface area contributed by atoms with Crippen molar-refractivity contribution >= 4 is 11.0 Å². The predicted molar refractivity (Wildman–Crippen MR) is 90.9 cm³/mol. The van der Waals surface area contributed by atoms with E-state index in [1.165, 1.54) is 29.7 Å². The molecule has 0 radical (unpaired) electrons. The highest BCUT2D eigenvalue weighted by Gasteiger charge is 2.10. The maximum Gasteiger partial charge on any atom is 0.111 e.